The van der Waals surface area contributed by atoms with Gasteiger partial charge < -0.3 is 4.74 Å². The van der Waals surface area contributed by atoms with E-state index in [4.69, 9.17) is 16.3 Å². The van der Waals surface area contributed by atoms with Crippen LogP contribution >= 0.6 is 27.5 Å². The Morgan fingerprint density at radius 2 is 2.06 bits per heavy atom. The van der Waals surface area contributed by atoms with E-state index in [1.54, 1.807) is 25.1 Å². The first-order valence-electron chi connectivity index (χ1n) is 5.59. The van der Waals surface area contributed by atoms with Gasteiger partial charge in [0.1, 0.15) is 0 Å². The molecule has 0 N–H and O–H groups in total. The van der Waals surface area contributed by atoms with Gasteiger partial charge in [0.25, 0.3) is 0 Å². The molecule has 0 radical (unpaired) electrons. The van der Waals surface area contributed by atoms with Crippen molar-refractivity contribution in [1.29, 1.82) is 0 Å². The number of rotatable bonds is 6. The standard InChI is InChI=1S/C13H14BrClO3/c1-2-18-13(17)11-7-9(8-14)3-4-10(11)12(16)5-6-15/h3-4,7H,2,5-6,8H2,1H3. The van der Waals surface area contributed by atoms with Gasteiger partial charge in [0, 0.05) is 23.2 Å². The molecule has 0 aromatic heterocycles. The summed E-state index contributed by atoms with van der Waals surface area (Å²) in [6.45, 7) is 2.01. The van der Waals surface area contributed by atoms with Gasteiger partial charge in [-0.15, -0.1) is 11.6 Å². The predicted molar refractivity (Wildman–Crippen MR) is 74.7 cm³/mol. The molecular weight excluding hydrogens is 319 g/mol. The van der Waals surface area contributed by atoms with Crippen LogP contribution in [0.3, 0.4) is 0 Å². The summed E-state index contributed by atoms with van der Waals surface area (Å²) in [6, 6.07) is 5.13. The molecule has 1 rings (SSSR count). The third kappa shape index (κ3) is 3.82. The molecule has 1 aromatic rings. The molecule has 0 saturated carbocycles. The number of hydrogen-bond donors (Lipinski definition) is 0. The molecule has 0 saturated heterocycles. The summed E-state index contributed by atoms with van der Waals surface area (Å²) < 4.78 is 4.96. The van der Waals surface area contributed by atoms with Gasteiger partial charge >= 0.3 is 5.97 Å². The third-order valence-electron chi connectivity index (χ3n) is 2.36. The number of carbonyl (C=O) groups is 2. The largest absolute Gasteiger partial charge is 0.462 e. The van der Waals surface area contributed by atoms with Gasteiger partial charge in [-0.2, -0.15) is 0 Å². The summed E-state index contributed by atoms with van der Waals surface area (Å²) in [6.07, 6.45) is 0.210. The van der Waals surface area contributed by atoms with E-state index < -0.39 is 5.97 Å². The summed E-state index contributed by atoms with van der Waals surface area (Å²) >= 11 is 8.87. The first-order valence-corrected chi connectivity index (χ1v) is 7.24. The zero-order chi connectivity index (χ0) is 13.5. The van der Waals surface area contributed by atoms with Crippen LogP contribution < -0.4 is 0 Å². The van der Waals surface area contributed by atoms with E-state index in [-0.39, 0.29) is 24.7 Å². The zero-order valence-corrected chi connectivity index (χ0v) is 12.4. The number of alkyl halides is 2. The molecule has 5 heteroatoms. The van der Waals surface area contributed by atoms with Gasteiger partial charge in [0.2, 0.25) is 0 Å². The molecule has 1 aromatic carbocycles. The van der Waals surface area contributed by atoms with Crippen LogP contribution in [0, 0.1) is 0 Å². The number of ketones is 1. The molecule has 0 spiro atoms. The minimum absolute atomic E-state index is 0.144. The molecule has 0 aliphatic heterocycles. The number of ether oxygens (including phenoxy) is 1. The van der Waals surface area contributed by atoms with Crippen LogP contribution in [0.1, 0.15) is 39.6 Å². The van der Waals surface area contributed by atoms with E-state index in [1.165, 1.54) is 0 Å². The second-order valence-corrected chi connectivity index (χ2v) is 4.53. The smallest absolute Gasteiger partial charge is 0.338 e. The lowest BCUT2D eigenvalue weighted by Crippen LogP contribution is -2.12. The Morgan fingerprint density at radius 3 is 2.61 bits per heavy atom. The topological polar surface area (TPSA) is 43.4 Å². The highest BCUT2D eigenvalue weighted by Gasteiger charge is 2.18. The summed E-state index contributed by atoms with van der Waals surface area (Å²) in [5.74, 6) is -0.381. The van der Waals surface area contributed by atoms with Crippen molar-refractivity contribution in [2.45, 2.75) is 18.7 Å². The fourth-order valence-electron chi connectivity index (χ4n) is 1.52. The number of halogens is 2. The molecule has 0 aliphatic carbocycles. The van der Waals surface area contributed by atoms with Gasteiger partial charge in [-0.1, -0.05) is 28.1 Å². The van der Waals surface area contributed by atoms with Gasteiger partial charge in [-0.25, -0.2) is 4.79 Å². The van der Waals surface area contributed by atoms with Crippen molar-refractivity contribution in [3.63, 3.8) is 0 Å². The van der Waals surface area contributed by atoms with Crippen LogP contribution in [0.15, 0.2) is 18.2 Å². The van der Waals surface area contributed by atoms with Crippen molar-refractivity contribution in [2.75, 3.05) is 12.5 Å². The molecule has 18 heavy (non-hydrogen) atoms. The number of hydrogen-bond acceptors (Lipinski definition) is 3. The molecule has 0 amide bonds. The van der Waals surface area contributed by atoms with Crippen LogP contribution in [0.25, 0.3) is 0 Å². The second-order valence-electron chi connectivity index (χ2n) is 3.60. The van der Waals surface area contributed by atoms with E-state index in [0.717, 1.165) is 5.56 Å². The van der Waals surface area contributed by atoms with E-state index in [2.05, 4.69) is 15.9 Å². The van der Waals surface area contributed by atoms with Crippen molar-refractivity contribution >= 4 is 39.3 Å². The number of Topliss-reactive ketones (excluding diaryl/α,β-unsaturated/α-hetero) is 1. The van der Waals surface area contributed by atoms with Gasteiger partial charge in [0.05, 0.1) is 12.2 Å². The summed E-state index contributed by atoms with van der Waals surface area (Å²) in [4.78, 5) is 23.7. The maximum absolute atomic E-state index is 11.9. The highest BCUT2D eigenvalue weighted by Crippen LogP contribution is 2.17. The molecule has 3 nitrogen and oxygen atoms in total. The van der Waals surface area contributed by atoms with Gasteiger partial charge in [-0.05, 0) is 18.6 Å². The highest BCUT2D eigenvalue weighted by atomic mass is 79.9. The van der Waals surface area contributed by atoms with E-state index in [1.807, 2.05) is 0 Å². The summed E-state index contributed by atoms with van der Waals surface area (Å²) in [7, 11) is 0. The molecule has 0 aliphatic rings. The molecule has 0 bridgehead atoms. The minimum Gasteiger partial charge on any atom is -0.462 e. The lowest BCUT2D eigenvalue weighted by Gasteiger charge is -2.09. The van der Waals surface area contributed by atoms with E-state index in [0.29, 0.717) is 16.5 Å². The number of carbonyl (C=O) groups excluding carboxylic acids is 2. The number of benzene rings is 1. The van der Waals surface area contributed by atoms with Crippen LogP contribution in [-0.2, 0) is 10.1 Å². The Balaban J connectivity index is 3.15. The fraction of sp³-hybridized carbons (Fsp3) is 0.385. The van der Waals surface area contributed by atoms with Crippen LogP contribution in [0.2, 0.25) is 0 Å². The average molecular weight is 334 g/mol. The predicted octanol–water partition coefficient (Wildman–Crippen LogP) is 3.57. The molecule has 98 valence electrons. The highest BCUT2D eigenvalue weighted by molar-refractivity contribution is 9.08. The Bertz CT molecular complexity index is 446. The molecule has 0 heterocycles. The SMILES string of the molecule is CCOC(=O)c1cc(CBr)ccc1C(=O)CCCl. The van der Waals surface area contributed by atoms with E-state index in [9.17, 15) is 9.59 Å². The molecular formula is C13H14BrClO3. The molecule has 0 atom stereocenters. The fourth-order valence-corrected chi connectivity index (χ4v) is 2.04. The zero-order valence-electron chi connectivity index (χ0n) is 10.0. The molecule has 0 fully saturated rings. The second kappa shape index (κ2) is 7.54. The van der Waals surface area contributed by atoms with Crippen molar-refractivity contribution in [3.8, 4) is 0 Å². The lowest BCUT2D eigenvalue weighted by molar-refractivity contribution is 0.0523. The Hall–Kier alpha value is -0.870. The van der Waals surface area contributed by atoms with E-state index >= 15 is 0 Å². The Morgan fingerprint density at radius 1 is 1.33 bits per heavy atom. The first-order chi connectivity index (χ1) is 8.63. The van der Waals surface area contributed by atoms with Crippen molar-refractivity contribution in [1.82, 2.24) is 0 Å². The Labute approximate surface area is 120 Å². The van der Waals surface area contributed by atoms with Crippen molar-refractivity contribution < 1.29 is 14.3 Å². The normalized spacial score (nSPS) is 10.2. The van der Waals surface area contributed by atoms with Crippen LogP contribution in [0.5, 0.6) is 0 Å². The maximum atomic E-state index is 11.9. The van der Waals surface area contributed by atoms with Crippen LogP contribution in [-0.4, -0.2) is 24.2 Å². The van der Waals surface area contributed by atoms with Crippen molar-refractivity contribution in [2.24, 2.45) is 0 Å². The van der Waals surface area contributed by atoms with Crippen LogP contribution in [0.4, 0.5) is 0 Å². The summed E-state index contributed by atoms with van der Waals surface area (Å²) in [5, 5.41) is 0.614. The first kappa shape index (κ1) is 15.2. The third-order valence-corrected chi connectivity index (χ3v) is 3.19. The molecule has 0 unspecified atom stereocenters. The van der Waals surface area contributed by atoms with Crippen molar-refractivity contribution in [3.05, 3.63) is 34.9 Å². The summed E-state index contributed by atoms with van der Waals surface area (Å²) in [5.41, 5.74) is 1.60. The average Bonchev–Trinajstić information content (AvgIpc) is 2.38. The number of esters is 1. The lowest BCUT2D eigenvalue weighted by atomic mass is 10.00. The minimum atomic E-state index is -0.474. The quantitative estimate of drug-likeness (QED) is 0.454. The monoisotopic (exact) mass is 332 g/mol. The maximum Gasteiger partial charge on any atom is 0.338 e. The Kier molecular flexibility index (Phi) is 6.36. The van der Waals surface area contributed by atoms with Gasteiger partial charge in [-0.3, -0.25) is 4.79 Å². The van der Waals surface area contributed by atoms with Gasteiger partial charge in [0.15, 0.2) is 5.78 Å².